The number of anilines is 1. The number of rotatable bonds is 3. The highest BCUT2D eigenvalue weighted by molar-refractivity contribution is 5.76. The molecule has 1 aliphatic heterocycles. The minimum Gasteiger partial charge on any atom is -0.368 e. The van der Waals surface area contributed by atoms with Crippen LogP contribution in [-0.2, 0) is 9.47 Å². The lowest BCUT2D eigenvalue weighted by molar-refractivity contribution is -0.229. The van der Waals surface area contributed by atoms with E-state index in [1.165, 1.54) is 12.1 Å². The van der Waals surface area contributed by atoms with E-state index in [0.29, 0.717) is 36.1 Å². The lowest BCUT2D eigenvalue weighted by atomic mass is 9.96. The van der Waals surface area contributed by atoms with Crippen LogP contribution in [0.4, 0.5) is 10.3 Å². The Morgan fingerprint density at radius 1 is 1.11 bits per heavy atom. The molecule has 1 saturated heterocycles. The molecular weight excluding hydrogens is 349 g/mol. The monoisotopic (exact) mass is 369 g/mol. The number of nitrogens with zero attached hydrogens (tertiary/aromatic N) is 3. The molecule has 2 aromatic heterocycles. The summed E-state index contributed by atoms with van der Waals surface area (Å²) in [6.07, 6.45) is 0.966. The molecule has 0 aliphatic carbocycles. The molecule has 1 fully saturated rings. The van der Waals surface area contributed by atoms with Crippen LogP contribution in [0.2, 0.25) is 0 Å². The summed E-state index contributed by atoms with van der Waals surface area (Å²) < 4.78 is 25.0. The molecule has 4 rings (SSSR count). The molecular formula is C19H20FN5O2. The first-order valence-corrected chi connectivity index (χ1v) is 8.59. The molecule has 0 spiro atoms. The van der Waals surface area contributed by atoms with Crippen molar-refractivity contribution in [3.63, 3.8) is 0 Å². The standard InChI is InChI=1S/C19H20FN5O2/c1-19(2)9-26-17(27-10-19)16-24-14(11-3-5-12(20)6-4-11)15(25-16)13-7-8-22-18(21)23-13/h3-8,17H,9-10H2,1-2H3,(H,24,25)(H2,21,22,23). The average Bonchev–Trinajstić information content (AvgIpc) is 3.07. The SMILES string of the molecule is CC1(C)COC(c2nc(-c3ccc(F)cc3)c(-c3ccnc(N)n3)[nH]2)OC1. The van der Waals surface area contributed by atoms with Crippen molar-refractivity contribution in [3.8, 4) is 22.6 Å². The van der Waals surface area contributed by atoms with Gasteiger partial charge >= 0.3 is 0 Å². The molecule has 0 saturated carbocycles. The van der Waals surface area contributed by atoms with E-state index in [4.69, 9.17) is 15.2 Å². The van der Waals surface area contributed by atoms with Gasteiger partial charge in [0.05, 0.1) is 30.3 Å². The van der Waals surface area contributed by atoms with Gasteiger partial charge in [-0.05, 0) is 30.3 Å². The predicted molar refractivity (Wildman–Crippen MR) is 97.8 cm³/mol. The van der Waals surface area contributed by atoms with Gasteiger partial charge in [-0.15, -0.1) is 0 Å². The summed E-state index contributed by atoms with van der Waals surface area (Å²) in [5, 5.41) is 0. The summed E-state index contributed by atoms with van der Waals surface area (Å²) in [5.74, 6) is 0.362. The molecule has 27 heavy (non-hydrogen) atoms. The molecule has 8 heteroatoms. The molecule has 3 N–H and O–H groups in total. The Morgan fingerprint density at radius 3 is 2.48 bits per heavy atom. The highest BCUT2D eigenvalue weighted by Gasteiger charge is 2.31. The Labute approximate surface area is 155 Å². The summed E-state index contributed by atoms with van der Waals surface area (Å²) in [7, 11) is 0. The van der Waals surface area contributed by atoms with E-state index in [0.717, 1.165) is 5.56 Å². The van der Waals surface area contributed by atoms with Crippen molar-refractivity contribution in [2.75, 3.05) is 18.9 Å². The quantitative estimate of drug-likeness (QED) is 0.735. The molecule has 0 atom stereocenters. The van der Waals surface area contributed by atoms with Crippen LogP contribution in [0.3, 0.4) is 0 Å². The third-order valence-electron chi connectivity index (χ3n) is 4.24. The van der Waals surface area contributed by atoms with Gasteiger partial charge in [-0.2, -0.15) is 0 Å². The topological polar surface area (TPSA) is 98.9 Å². The van der Waals surface area contributed by atoms with Gasteiger partial charge in [0.15, 0.2) is 5.82 Å². The molecule has 1 aliphatic rings. The van der Waals surface area contributed by atoms with Gasteiger partial charge in [-0.1, -0.05) is 13.8 Å². The molecule has 140 valence electrons. The maximum absolute atomic E-state index is 13.3. The number of aromatic nitrogens is 4. The van der Waals surface area contributed by atoms with Crippen LogP contribution in [0.1, 0.15) is 26.0 Å². The average molecular weight is 369 g/mol. The smallest absolute Gasteiger partial charge is 0.220 e. The van der Waals surface area contributed by atoms with E-state index in [1.807, 2.05) is 0 Å². The van der Waals surface area contributed by atoms with Crippen molar-refractivity contribution < 1.29 is 13.9 Å². The van der Waals surface area contributed by atoms with E-state index in [9.17, 15) is 4.39 Å². The van der Waals surface area contributed by atoms with E-state index in [2.05, 4.69) is 33.8 Å². The molecule has 0 radical (unpaired) electrons. The van der Waals surface area contributed by atoms with Gasteiger partial charge in [-0.25, -0.2) is 19.3 Å². The number of halogens is 1. The summed E-state index contributed by atoms with van der Waals surface area (Å²) in [5.41, 5.74) is 8.25. The van der Waals surface area contributed by atoms with Crippen LogP contribution in [0.25, 0.3) is 22.6 Å². The second-order valence-corrected chi connectivity index (χ2v) is 7.27. The zero-order valence-corrected chi connectivity index (χ0v) is 15.1. The van der Waals surface area contributed by atoms with E-state index >= 15 is 0 Å². The minimum absolute atomic E-state index is 0.0488. The molecule has 1 aromatic carbocycles. The van der Waals surface area contributed by atoms with E-state index in [-0.39, 0.29) is 17.2 Å². The number of hydrogen-bond donors (Lipinski definition) is 2. The number of aromatic amines is 1. The lowest BCUT2D eigenvalue weighted by Gasteiger charge is -2.33. The number of nitrogen functional groups attached to an aromatic ring is 1. The second-order valence-electron chi connectivity index (χ2n) is 7.27. The van der Waals surface area contributed by atoms with Crippen LogP contribution in [-0.4, -0.2) is 33.1 Å². The summed E-state index contributed by atoms with van der Waals surface area (Å²) in [4.78, 5) is 16.1. The Hall–Kier alpha value is -2.84. The van der Waals surface area contributed by atoms with Gasteiger partial charge in [0, 0.05) is 17.2 Å². The Balaban J connectivity index is 1.76. The normalized spacial score (nSPS) is 17.1. The minimum atomic E-state index is -0.606. The Bertz CT molecular complexity index is 945. The lowest BCUT2D eigenvalue weighted by Crippen LogP contribution is -2.34. The van der Waals surface area contributed by atoms with Gasteiger partial charge in [0.1, 0.15) is 5.82 Å². The van der Waals surface area contributed by atoms with Gasteiger partial charge < -0.3 is 20.2 Å². The first kappa shape index (κ1) is 17.6. The van der Waals surface area contributed by atoms with Crippen molar-refractivity contribution in [1.29, 1.82) is 0 Å². The largest absolute Gasteiger partial charge is 0.368 e. The van der Waals surface area contributed by atoms with Crippen molar-refractivity contribution in [1.82, 2.24) is 19.9 Å². The van der Waals surface area contributed by atoms with Gasteiger partial charge in [0.25, 0.3) is 0 Å². The number of nitrogens with two attached hydrogens (primary N) is 1. The number of hydrogen-bond acceptors (Lipinski definition) is 6. The summed E-state index contributed by atoms with van der Waals surface area (Å²) in [6.45, 7) is 5.26. The van der Waals surface area contributed by atoms with Crippen LogP contribution >= 0.6 is 0 Å². The highest BCUT2D eigenvalue weighted by Crippen LogP contribution is 2.35. The third kappa shape index (κ3) is 3.67. The molecule has 0 amide bonds. The zero-order chi connectivity index (χ0) is 19.0. The summed E-state index contributed by atoms with van der Waals surface area (Å²) in [6, 6.07) is 7.83. The van der Waals surface area contributed by atoms with Crippen LogP contribution in [0, 0.1) is 11.2 Å². The van der Waals surface area contributed by atoms with Crippen LogP contribution in [0.5, 0.6) is 0 Å². The number of nitrogens with one attached hydrogen (secondary N) is 1. The number of H-pyrrole nitrogens is 1. The molecule has 3 heterocycles. The van der Waals surface area contributed by atoms with Crippen molar-refractivity contribution in [3.05, 3.63) is 48.2 Å². The second kappa shape index (κ2) is 6.71. The fraction of sp³-hybridized carbons (Fsp3) is 0.316. The molecule has 7 nitrogen and oxygen atoms in total. The maximum Gasteiger partial charge on any atom is 0.220 e. The summed E-state index contributed by atoms with van der Waals surface area (Å²) >= 11 is 0. The highest BCUT2D eigenvalue weighted by atomic mass is 19.1. The third-order valence-corrected chi connectivity index (χ3v) is 4.24. The fourth-order valence-corrected chi connectivity index (χ4v) is 2.87. The van der Waals surface area contributed by atoms with Crippen LogP contribution < -0.4 is 5.73 Å². The number of benzene rings is 1. The van der Waals surface area contributed by atoms with E-state index in [1.54, 1.807) is 24.4 Å². The van der Waals surface area contributed by atoms with E-state index < -0.39 is 6.29 Å². The molecule has 0 unspecified atom stereocenters. The van der Waals surface area contributed by atoms with Crippen molar-refractivity contribution in [2.24, 2.45) is 5.41 Å². The van der Waals surface area contributed by atoms with Crippen molar-refractivity contribution in [2.45, 2.75) is 20.1 Å². The first-order valence-electron chi connectivity index (χ1n) is 8.59. The Morgan fingerprint density at radius 2 is 1.81 bits per heavy atom. The number of ether oxygens (including phenoxy) is 2. The van der Waals surface area contributed by atoms with Gasteiger partial charge in [-0.3, -0.25) is 0 Å². The van der Waals surface area contributed by atoms with Gasteiger partial charge in [0.2, 0.25) is 12.2 Å². The maximum atomic E-state index is 13.3. The first-order chi connectivity index (χ1) is 12.9. The van der Waals surface area contributed by atoms with Crippen molar-refractivity contribution >= 4 is 5.95 Å². The molecule has 3 aromatic rings. The Kier molecular flexibility index (Phi) is 4.37. The predicted octanol–water partition coefficient (Wildman–Crippen LogP) is 3.33. The zero-order valence-electron chi connectivity index (χ0n) is 15.1. The van der Waals surface area contributed by atoms with Crippen LogP contribution in [0.15, 0.2) is 36.5 Å². The number of imidazole rings is 1. The fourth-order valence-electron chi connectivity index (χ4n) is 2.87. The molecule has 0 bridgehead atoms.